The average molecular weight is 286 g/mol. The van der Waals surface area contributed by atoms with Crippen LogP contribution < -0.4 is 11.1 Å². The Hall–Kier alpha value is -0.780. The Morgan fingerprint density at radius 3 is 2.89 bits per heavy atom. The lowest BCUT2D eigenvalue weighted by molar-refractivity contribution is -0.123. The first-order valence-electron chi connectivity index (χ1n) is 5.81. The molecule has 4 nitrogen and oxygen atoms in total. The normalized spacial score (nSPS) is 18.3. The Morgan fingerprint density at radius 1 is 1.67 bits per heavy atom. The Bertz CT molecular complexity index is 435. The number of aromatic nitrogens is 1. The van der Waals surface area contributed by atoms with Gasteiger partial charge in [-0.15, -0.1) is 11.8 Å². The summed E-state index contributed by atoms with van der Waals surface area (Å²) in [6, 6.07) is 4.06. The van der Waals surface area contributed by atoms with Gasteiger partial charge in [-0.3, -0.25) is 4.79 Å². The van der Waals surface area contributed by atoms with Crippen LogP contribution in [0.2, 0.25) is 5.02 Å². The summed E-state index contributed by atoms with van der Waals surface area (Å²) in [5, 5.41) is 4.74. The molecule has 1 aromatic rings. The van der Waals surface area contributed by atoms with Crippen LogP contribution >= 0.6 is 23.4 Å². The van der Waals surface area contributed by atoms with Crippen molar-refractivity contribution in [2.24, 2.45) is 5.73 Å². The molecule has 3 N–H and O–H groups in total. The largest absolute Gasteiger partial charge is 0.368 e. The number of nitrogens with one attached hydrogen (secondary N) is 1. The van der Waals surface area contributed by atoms with Crippen LogP contribution in [0.25, 0.3) is 0 Å². The van der Waals surface area contributed by atoms with E-state index >= 15 is 0 Å². The molecule has 1 atom stereocenters. The van der Waals surface area contributed by atoms with Crippen molar-refractivity contribution in [2.75, 3.05) is 5.75 Å². The number of carbonyl (C=O) groups is 1. The van der Waals surface area contributed by atoms with Crippen molar-refractivity contribution in [1.82, 2.24) is 10.3 Å². The third-order valence-corrected chi connectivity index (χ3v) is 4.34. The van der Waals surface area contributed by atoms with E-state index in [1.165, 1.54) is 11.8 Å². The van der Waals surface area contributed by atoms with Gasteiger partial charge >= 0.3 is 0 Å². The van der Waals surface area contributed by atoms with Gasteiger partial charge in [-0.05, 0) is 31.9 Å². The van der Waals surface area contributed by atoms with Gasteiger partial charge in [-0.1, -0.05) is 11.6 Å². The zero-order valence-electron chi connectivity index (χ0n) is 10.1. The number of pyridine rings is 1. The summed E-state index contributed by atoms with van der Waals surface area (Å²) in [6.07, 6.45) is 3.83. The van der Waals surface area contributed by atoms with E-state index in [1.54, 1.807) is 12.3 Å². The third kappa shape index (κ3) is 3.60. The molecule has 1 unspecified atom stereocenters. The van der Waals surface area contributed by atoms with E-state index in [1.807, 2.05) is 13.0 Å². The van der Waals surface area contributed by atoms with Crippen molar-refractivity contribution in [3.63, 3.8) is 0 Å². The molecule has 1 saturated carbocycles. The lowest BCUT2D eigenvalue weighted by Gasteiger charge is -2.27. The maximum atomic E-state index is 11.6. The number of halogens is 1. The van der Waals surface area contributed by atoms with E-state index in [0.29, 0.717) is 16.8 Å². The summed E-state index contributed by atoms with van der Waals surface area (Å²) < 4.78 is 0. The van der Waals surface area contributed by atoms with Crippen molar-refractivity contribution in [3.8, 4) is 0 Å². The lowest BCUT2D eigenvalue weighted by Crippen LogP contribution is -2.55. The molecule has 98 valence electrons. The molecule has 18 heavy (non-hydrogen) atoms. The Kier molecular flexibility index (Phi) is 4.14. The molecule has 0 saturated heterocycles. The van der Waals surface area contributed by atoms with Gasteiger partial charge in [0.05, 0.1) is 10.0 Å². The molecule has 0 spiro atoms. The predicted octanol–water partition coefficient (Wildman–Crippen LogP) is 1.82. The van der Waals surface area contributed by atoms with Gasteiger partial charge in [-0.25, -0.2) is 4.98 Å². The maximum absolute atomic E-state index is 11.6. The maximum Gasteiger partial charge on any atom is 0.238 e. The van der Waals surface area contributed by atoms with Crippen molar-refractivity contribution >= 4 is 29.3 Å². The zero-order chi connectivity index (χ0) is 13.2. The smallest absolute Gasteiger partial charge is 0.238 e. The number of hydrogen-bond donors (Lipinski definition) is 2. The highest BCUT2D eigenvalue weighted by molar-refractivity contribution is 7.99. The first-order valence-corrected chi connectivity index (χ1v) is 7.18. The fraction of sp³-hybridized carbons (Fsp3) is 0.500. The van der Waals surface area contributed by atoms with E-state index in [2.05, 4.69) is 10.3 Å². The van der Waals surface area contributed by atoms with Crippen LogP contribution in [-0.2, 0) is 4.79 Å². The topological polar surface area (TPSA) is 68.0 Å². The molecular weight excluding hydrogens is 270 g/mol. The molecular formula is C12H16ClN3OS. The van der Waals surface area contributed by atoms with E-state index in [-0.39, 0.29) is 5.91 Å². The molecule has 0 bridgehead atoms. The van der Waals surface area contributed by atoms with Crippen LogP contribution in [0, 0.1) is 0 Å². The molecule has 1 heterocycles. The summed E-state index contributed by atoms with van der Waals surface area (Å²) in [6.45, 7) is 1.84. The minimum atomic E-state index is -0.687. The third-order valence-electron chi connectivity index (χ3n) is 2.85. The second-order valence-electron chi connectivity index (χ2n) is 4.72. The molecule has 2 rings (SSSR count). The summed E-state index contributed by atoms with van der Waals surface area (Å²) in [5.41, 5.74) is 4.79. The van der Waals surface area contributed by atoms with Crippen molar-refractivity contribution in [3.05, 3.63) is 23.4 Å². The molecule has 0 aliphatic heterocycles. The quantitative estimate of drug-likeness (QED) is 0.783. The van der Waals surface area contributed by atoms with Gasteiger partial charge in [0.2, 0.25) is 5.91 Å². The van der Waals surface area contributed by atoms with E-state index in [9.17, 15) is 4.79 Å². The van der Waals surface area contributed by atoms with E-state index < -0.39 is 5.54 Å². The minimum absolute atomic E-state index is 0.323. The molecule has 0 aromatic carbocycles. The number of nitrogens with zero attached hydrogens (tertiary/aromatic N) is 1. The lowest BCUT2D eigenvalue weighted by atomic mass is 10.1. The van der Waals surface area contributed by atoms with Gasteiger partial charge in [0, 0.05) is 18.0 Å². The highest BCUT2D eigenvalue weighted by Crippen LogP contribution is 2.26. The monoisotopic (exact) mass is 285 g/mol. The first kappa shape index (κ1) is 13.6. The first-order chi connectivity index (χ1) is 8.49. The van der Waals surface area contributed by atoms with Crippen LogP contribution in [0.1, 0.15) is 19.8 Å². The SMILES string of the molecule is CC(CSc1ccc(Cl)cn1)(NC1CC1)C(N)=O. The minimum Gasteiger partial charge on any atom is -0.368 e. The van der Waals surface area contributed by atoms with Crippen molar-refractivity contribution in [2.45, 2.75) is 36.4 Å². The summed E-state index contributed by atoms with van der Waals surface area (Å²) in [5.74, 6) is 0.240. The van der Waals surface area contributed by atoms with E-state index in [4.69, 9.17) is 17.3 Å². The highest BCUT2D eigenvalue weighted by atomic mass is 35.5. The van der Waals surface area contributed by atoms with Gasteiger partial charge in [0.25, 0.3) is 0 Å². The van der Waals surface area contributed by atoms with Gasteiger partial charge in [-0.2, -0.15) is 0 Å². The van der Waals surface area contributed by atoms with Gasteiger partial charge in [0.1, 0.15) is 5.54 Å². The van der Waals surface area contributed by atoms with Crippen LogP contribution in [0.15, 0.2) is 23.4 Å². The van der Waals surface area contributed by atoms with Crippen LogP contribution in [0.5, 0.6) is 0 Å². The van der Waals surface area contributed by atoms with Crippen molar-refractivity contribution < 1.29 is 4.79 Å². The van der Waals surface area contributed by atoms with Crippen LogP contribution in [0.3, 0.4) is 0 Å². The number of thioether (sulfide) groups is 1. The second kappa shape index (κ2) is 5.47. The predicted molar refractivity (Wildman–Crippen MR) is 73.7 cm³/mol. The van der Waals surface area contributed by atoms with Gasteiger partial charge in [0.15, 0.2) is 0 Å². The molecule has 1 fully saturated rings. The second-order valence-corrected chi connectivity index (χ2v) is 6.15. The summed E-state index contributed by atoms with van der Waals surface area (Å²) in [7, 11) is 0. The molecule has 0 radical (unpaired) electrons. The number of carbonyl (C=O) groups excluding carboxylic acids is 1. The van der Waals surface area contributed by atoms with Crippen LogP contribution in [-0.4, -0.2) is 28.2 Å². The Morgan fingerprint density at radius 2 is 2.39 bits per heavy atom. The van der Waals surface area contributed by atoms with E-state index in [0.717, 1.165) is 17.9 Å². The standard InChI is InChI=1S/C12H16ClN3OS/c1-12(11(14)17,16-9-3-4-9)7-18-10-5-2-8(13)6-15-10/h2,5-6,9,16H,3-4,7H2,1H3,(H2,14,17). The molecule has 6 heteroatoms. The highest BCUT2D eigenvalue weighted by Gasteiger charge is 2.37. The van der Waals surface area contributed by atoms with Gasteiger partial charge < -0.3 is 11.1 Å². The van der Waals surface area contributed by atoms with Crippen molar-refractivity contribution in [1.29, 1.82) is 0 Å². The fourth-order valence-corrected chi connectivity index (χ4v) is 2.59. The number of rotatable bonds is 6. The Balaban J connectivity index is 1.96. The molecule has 1 aliphatic carbocycles. The zero-order valence-corrected chi connectivity index (χ0v) is 11.7. The number of hydrogen-bond acceptors (Lipinski definition) is 4. The average Bonchev–Trinajstić information content (AvgIpc) is 3.12. The fourth-order valence-electron chi connectivity index (χ4n) is 1.53. The number of nitrogens with two attached hydrogens (primary N) is 1. The number of amides is 1. The molecule has 1 aromatic heterocycles. The van der Waals surface area contributed by atoms with Crippen LogP contribution in [0.4, 0.5) is 0 Å². The summed E-state index contributed by atoms with van der Waals surface area (Å²) >= 11 is 7.27. The molecule has 1 aliphatic rings. The molecule has 1 amide bonds. The Labute approximate surface area is 116 Å². The number of primary amides is 1. The summed E-state index contributed by atoms with van der Waals surface area (Å²) in [4.78, 5) is 15.8.